The normalized spacial score (nSPS) is 13.9. The Morgan fingerprint density at radius 1 is 0.179 bits per heavy atom. The Kier molecular flexibility index (Phi) is 14.5. The van der Waals surface area contributed by atoms with Crippen LogP contribution >= 0.6 is 0 Å². The van der Waals surface area contributed by atoms with Crippen molar-refractivity contribution in [3.05, 3.63) is 336 Å². The van der Waals surface area contributed by atoms with Crippen molar-refractivity contribution in [2.24, 2.45) is 0 Å². The third-order valence-electron chi connectivity index (χ3n) is 24.6. The maximum atomic E-state index is 2.49. The summed E-state index contributed by atoms with van der Waals surface area (Å²) in [4.78, 5) is 0. The highest BCUT2D eigenvalue weighted by Crippen LogP contribution is 2.55. The molecule has 0 fully saturated rings. The number of fused-ring (bicyclic) bond motifs is 12. The molecule has 0 N–H and O–H groups in total. The van der Waals surface area contributed by atoms with Crippen LogP contribution in [0, 0.1) is 0 Å². The molecule has 2 aliphatic rings. The molecule has 20 rings (SSSR count). The Morgan fingerprint density at radius 2 is 0.462 bits per heavy atom. The summed E-state index contributed by atoms with van der Waals surface area (Å²) in [6, 6.07) is 113. The van der Waals surface area contributed by atoms with Crippen molar-refractivity contribution in [2.45, 2.75) is 117 Å². The van der Waals surface area contributed by atoms with E-state index in [2.05, 4.69) is 387 Å². The Bertz CT molecular complexity index is 6620. The average molecular weight is 1360 g/mol. The molecule has 18 aromatic rings. The van der Waals surface area contributed by atoms with Gasteiger partial charge in [0.15, 0.2) is 0 Å². The zero-order valence-corrected chi connectivity index (χ0v) is 63.3. The first-order valence-electron chi connectivity index (χ1n) is 38.2. The van der Waals surface area contributed by atoms with Gasteiger partial charge in [0.05, 0.1) is 0 Å². The highest BCUT2D eigenvalue weighted by atomic mass is 14.4. The Labute approximate surface area is 624 Å². The van der Waals surface area contributed by atoms with Crippen LogP contribution in [-0.4, -0.2) is 0 Å². The van der Waals surface area contributed by atoms with Crippen molar-refractivity contribution in [2.75, 3.05) is 0 Å². The van der Waals surface area contributed by atoms with Crippen molar-refractivity contribution in [1.82, 2.24) is 0 Å². The molecule has 18 aromatic carbocycles. The van der Waals surface area contributed by atoms with Gasteiger partial charge in [-0.3, -0.25) is 0 Å². The monoisotopic (exact) mass is 1360 g/mol. The molecule has 0 unspecified atom stereocenters. The summed E-state index contributed by atoms with van der Waals surface area (Å²) in [5, 5.41) is 21.4. The van der Waals surface area contributed by atoms with E-state index in [4.69, 9.17) is 0 Å². The van der Waals surface area contributed by atoms with Gasteiger partial charge in [-0.05, 0) is 255 Å². The van der Waals surface area contributed by atoms with Crippen molar-refractivity contribution in [1.29, 1.82) is 0 Å². The molecule has 0 atom stereocenters. The van der Waals surface area contributed by atoms with Gasteiger partial charge in [0.1, 0.15) is 0 Å². The van der Waals surface area contributed by atoms with E-state index in [9.17, 15) is 0 Å². The first-order chi connectivity index (χ1) is 50.9. The minimum atomic E-state index is -0.160. The standard InChI is InChI=1S/C55H48.C51H40/c1-53(2,3)37-21-16-33(17-22-37)39-27-23-38(54(4,5)6)32-48(39)36-20-25-44-43-24-19-35(30-49(43)55(7,8)50(44)31-36)40-28-29-47-42-14-10-9-13-41(42)45-15-11-12-34-18-26-46(40)52(47)51(34)45;1-50(2,3)37-22-17-32(18-23-37)31-13-15-33(16-14-31)35-20-24-41-42-25-21-36(30-47(42)51(4,5)46(41)29-35)38-27-28-45-40-11-7-6-10-39(40)43-12-8-9-34-19-26-44(38)49(45)48(34)43/h9-32H,1-8H3;6-30H,1-5H3. The fourth-order valence-electron chi connectivity index (χ4n) is 18.6. The van der Waals surface area contributed by atoms with Crippen LogP contribution in [0.1, 0.15) is 129 Å². The Morgan fingerprint density at radius 3 is 0.858 bits per heavy atom. The van der Waals surface area contributed by atoms with E-state index < -0.39 is 0 Å². The molecule has 0 aromatic heterocycles. The second-order valence-corrected chi connectivity index (χ2v) is 34.7. The van der Waals surface area contributed by atoms with Gasteiger partial charge in [-0.25, -0.2) is 0 Å². The van der Waals surface area contributed by atoms with E-state index in [0.29, 0.717) is 0 Å². The maximum absolute atomic E-state index is 2.49. The van der Waals surface area contributed by atoms with E-state index in [-0.39, 0.29) is 27.1 Å². The maximum Gasteiger partial charge on any atom is 0.0159 e. The molecule has 0 spiro atoms. The van der Waals surface area contributed by atoms with Gasteiger partial charge in [-0.15, -0.1) is 0 Å². The topological polar surface area (TPSA) is 0 Å². The second kappa shape index (κ2) is 23.5. The van der Waals surface area contributed by atoms with E-state index in [1.54, 1.807) is 0 Å². The summed E-state index contributed by atoms with van der Waals surface area (Å²) < 4.78 is 0. The molecular formula is C106H88. The van der Waals surface area contributed by atoms with Crippen molar-refractivity contribution < 1.29 is 0 Å². The summed E-state index contributed by atoms with van der Waals surface area (Å²) in [7, 11) is 0. The lowest BCUT2D eigenvalue weighted by Gasteiger charge is -2.25. The molecule has 0 saturated heterocycles. The highest BCUT2D eigenvalue weighted by molar-refractivity contribution is 6.36. The first kappa shape index (κ1) is 65.3. The third-order valence-corrected chi connectivity index (χ3v) is 24.6. The largest absolute Gasteiger partial charge is 0.0616 e. The average Bonchev–Trinajstić information content (AvgIpc) is 0.945. The predicted octanol–water partition coefficient (Wildman–Crippen LogP) is 30.0. The van der Waals surface area contributed by atoms with Gasteiger partial charge in [-0.1, -0.05) is 363 Å². The fraction of sp³-hybridized carbons (Fsp3) is 0.170. The Hall–Kier alpha value is -11.4. The van der Waals surface area contributed by atoms with Crippen LogP contribution in [0.25, 0.3) is 175 Å². The summed E-state index contributed by atoms with van der Waals surface area (Å²) in [5.41, 5.74) is 30.4. The van der Waals surface area contributed by atoms with Crippen LogP contribution in [-0.2, 0) is 27.1 Å². The van der Waals surface area contributed by atoms with Gasteiger partial charge in [0.25, 0.3) is 0 Å². The lowest BCUT2D eigenvalue weighted by molar-refractivity contribution is 0.590. The molecule has 0 bridgehead atoms. The van der Waals surface area contributed by atoms with E-state index in [1.807, 2.05) is 0 Å². The molecule has 106 heavy (non-hydrogen) atoms. The molecule has 0 nitrogen and oxygen atoms in total. The van der Waals surface area contributed by atoms with Gasteiger partial charge < -0.3 is 0 Å². The van der Waals surface area contributed by atoms with Crippen molar-refractivity contribution >= 4 is 86.2 Å². The molecule has 0 radical (unpaired) electrons. The number of hydrogen-bond donors (Lipinski definition) is 0. The lowest BCUT2D eigenvalue weighted by atomic mass is 9.79. The van der Waals surface area contributed by atoms with Crippen LogP contribution in [0.5, 0.6) is 0 Å². The van der Waals surface area contributed by atoms with Crippen LogP contribution in [0.4, 0.5) is 0 Å². The van der Waals surface area contributed by atoms with E-state index in [1.165, 1.54) is 214 Å². The summed E-state index contributed by atoms with van der Waals surface area (Å²) in [5.74, 6) is 0. The summed E-state index contributed by atoms with van der Waals surface area (Å²) >= 11 is 0. The molecule has 512 valence electrons. The van der Waals surface area contributed by atoms with Gasteiger partial charge >= 0.3 is 0 Å². The van der Waals surface area contributed by atoms with Crippen molar-refractivity contribution in [3.63, 3.8) is 0 Å². The summed E-state index contributed by atoms with van der Waals surface area (Å²) in [6.07, 6.45) is 0. The van der Waals surface area contributed by atoms with Crippen LogP contribution in [0.2, 0.25) is 0 Å². The van der Waals surface area contributed by atoms with Crippen LogP contribution < -0.4 is 0 Å². The van der Waals surface area contributed by atoms with Gasteiger partial charge in [0.2, 0.25) is 0 Å². The Balaban J connectivity index is 0.000000145. The summed E-state index contributed by atoms with van der Waals surface area (Å²) in [6.45, 7) is 30.2. The van der Waals surface area contributed by atoms with E-state index in [0.717, 1.165) is 0 Å². The molecule has 2 aliphatic carbocycles. The molecule has 0 saturated carbocycles. The quantitative estimate of drug-likeness (QED) is 0.115. The van der Waals surface area contributed by atoms with Crippen molar-refractivity contribution in [3.8, 4) is 89.0 Å². The smallest absolute Gasteiger partial charge is 0.0159 e. The fourth-order valence-corrected chi connectivity index (χ4v) is 18.6. The second-order valence-electron chi connectivity index (χ2n) is 34.7. The molecule has 0 heteroatoms. The van der Waals surface area contributed by atoms with Crippen LogP contribution in [0.15, 0.2) is 297 Å². The molecule has 0 aliphatic heterocycles. The van der Waals surface area contributed by atoms with Gasteiger partial charge in [0, 0.05) is 10.8 Å². The highest BCUT2D eigenvalue weighted by Gasteiger charge is 2.38. The number of rotatable bonds is 6. The lowest BCUT2D eigenvalue weighted by Crippen LogP contribution is -2.15. The SMILES string of the molecule is CC(C)(C)c1ccc(-c2ccc(-c3ccc4c(c3)C(C)(C)c3cc(-c5ccc6c7ccccc7c7cccc8ccc5c6c87)ccc3-4)cc2)cc1.CC(C)(C)c1ccc(-c2ccc(C(C)(C)C)cc2-c2ccc3c(c2)C(C)(C)c2cc(-c4ccc5c6ccccc6c6cccc7ccc4c5c76)ccc2-3)cc1. The van der Waals surface area contributed by atoms with Gasteiger partial charge in [-0.2, -0.15) is 0 Å². The molecule has 0 amide bonds. The van der Waals surface area contributed by atoms with Crippen LogP contribution in [0.3, 0.4) is 0 Å². The predicted molar refractivity (Wildman–Crippen MR) is 459 cm³/mol. The minimum absolute atomic E-state index is 0.0459. The third kappa shape index (κ3) is 10.2. The zero-order chi connectivity index (χ0) is 72.7. The number of benzene rings is 18. The molecular weight excluding hydrogens is 1270 g/mol. The number of hydrogen-bond acceptors (Lipinski definition) is 0. The minimum Gasteiger partial charge on any atom is -0.0616 e. The molecule has 0 heterocycles. The first-order valence-corrected chi connectivity index (χ1v) is 38.2. The zero-order valence-electron chi connectivity index (χ0n) is 63.3. The van der Waals surface area contributed by atoms with E-state index >= 15 is 0 Å².